The second kappa shape index (κ2) is 7.27. The first-order valence-corrected chi connectivity index (χ1v) is 9.44. The molecule has 3 heterocycles. The van der Waals surface area contributed by atoms with Crippen molar-refractivity contribution in [3.05, 3.63) is 48.3 Å². The minimum absolute atomic E-state index is 0.639. The van der Waals surface area contributed by atoms with Gasteiger partial charge in [-0.2, -0.15) is 0 Å². The maximum atomic E-state index is 5.90. The van der Waals surface area contributed by atoms with E-state index < -0.39 is 0 Å². The molecule has 0 spiro atoms. The third kappa shape index (κ3) is 4.02. The highest BCUT2D eigenvalue weighted by molar-refractivity contribution is 7.99. The van der Waals surface area contributed by atoms with E-state index in [-0.39, 0.29) is 0 Å². The Morgan fingerprint density at radius 2 is 2.00 bits per heavy atom. The normalized spacial score (nSPS) is 14.8. The molecule has 0 bridgehead atoms. The molecule has 0 amide bonds. The Balaban J connectivity index is 1.50. The molecule has 5 nitrogen and oxygen atoms in total. The van der Waals surface area contributed by atoms with Crippen molar-refractivity contribution in [2.45, 2.75) is 43.1 Å². The third-order valence-corrected chi connectivity index (χ3v) is 5.42. The SMILES string of the molecule is Cc1ccnc(Nc2cccc(-c3cnc(SC4CCCC4)o3)n2)c1. The highest BCUT2D eigenvalue weighted by atomic mass is 32.2. The van der Waals surface area contributed by atoms with E-state index in [0.29, 0.717) is 11.0 Å². The fraction of sp³-hybridized carbons (Fsp3) is 0.316. The van der Waals surface area contributed by atoms with E-state index in [1.165, 1.54) is 25.7 Å². The van der Waals surface area contributed by atoms with Crippen LogP contribution in [0.15, 0.2) is 52.4 Å². The Labute approximate surface area is 151 Å². The van der Waals surface area contributed by atoms with E-state index in [0.717, 1.165) is 28.1 Å². The lowest BCUT2D eigenvalue weighted by Crippen LogP contribution is -1.96. The Bertz CT molecular complexity index is 858. The van der Waals surface area contributed by atoms with E-state index in [1.54, 1.807) is 24.2 Å². The zero-order valence-electron chi connectivity index (χ0n) is 14.1. The maximum absolute atomic E-state index is 5.90. The van der Waals surface area contributed by atoms with Crippen molar-refractivity contribution in [3.8, 4) is 11.5 Å². The van der Waals surface area contributed by atoms with E-state index in [9.17, 15) is 0 Å². The van der Waals surface area contributed by atoms with Crippen LogP contribution in [0.25, 0.3) is 11.5 Å². The fourth-order valence-corrected chi connectivity index (χ4v) is 4.06. The van der Waals surface area contributed by atoms with Gasteiger partial charge in [-0.3, -0.25) is 0 Å². The van der Waals surface area contributed by atoms with Crippen LogP contribution in [0.3, 0.4) is 0 Å². The number of aromatic nitrogens is 3. The van der Waals surface area contributed by atoms with Crippen LogP contribution in [0.4, 0.5) is 11.6 Å². The summed E-state index contributed by atoms with van der Waals surface area (Å²) >= 11 is 1.74. The molecule has 0 radical (unpaired) electrons. The number of nitrogens with zero attached hydrogens (tertiary/aromatic N) is 3. The van der Waals surface area contributed by atoms with Gasteiger partial charge in [0.25, 0.3) is 5.22 Å². The molecule has 25 heavy (non-hydrogen) atoms. The zero-order chi connectivity index (χ0) is 17.1. The van der Waals surface area contributed by atoms with Gasteiger partial charge in [-0.1, -0.05) is 30.7 Å². The molecule has 6 heteroatoms. The number of pyridine rings is 2. The number of thioether (sulfide) groups is 1. The van der Waals surface area contributed by atoms with Crippen molar-refractivity contribution in [2.24, 2.45) is 0 Å². The number of hydrogen-bond donors (Lipinski definition) is 1. The summed E-state index contributed by atoms with van der Waals surface area (Å²) in [7, 11) is 0. The molecule has 1 N–H and O–H groups in total. The van der Waals surface area contributed by atoms with Crippen LogP contribution in [-0.2, 0) is 0 Å². The van der Waals surface area contributed by atoms with Crippen molar-refractivity contribution in [2.75, 3.05) is 5.32 Å². The average Bonchev–Trinajstić information content (AvgIpc) is 3.28. The summed E-state index contributed by atoms with van der Waals surface area (Å²) in [5.74, 6) is 2.21. The van der Waals surface area contributed by atoms with E-state index >= 15 is 0 Å². The number of oxazole rings is 1. The highest BCUT2D eigenvalue weighted by Gasteiger charge is 2.19. The third-order valence-electron chi connectivity index (χ3n) is 4.23. The molecule has 1 aliphatic carbocycles. The van der Waals surface area contributed by atoms with Gasteiger partial charge in [0.05, 0.1) is 6.20 Å². The molecular formula is C19H20N4OS. The topological polar surface area (TPSA) is 63.8 Å². The van der Waals surface area contributed by atoms with Crippen molar-refractivity contribution < 1.29 is 4.42 Å². The smallest absolute Gasteiger partial charge is 0.256 e. The van der Waals surface area contributed by atoms with Crippen LogP contribution in [0.2, 0.25) is 0 Å². The van der Waals surface area contributed by atoms with Gasteiger partial charge in [0.2, 0.25) is 0 Å². The first kappa shape index (κ1) is 16.1. The molecule has 0 aliphatic heterocycles. The Hall–Kier alpha value is -2.34. The highest BCUT2D eigenvalue weighted by Crippen LogP contribution is 2.35. The van der Waals surface area contributed by atoms with Gasteiger partial charge < -0.3 is 9.73 Å². The lowest BCUT2D eigenvalue weighted by atomic mass is 10.3. The maximum Gasteiger partial charge on any atom is 0.256 e. The molecule has 128 valence electrons. The first-order chi connectivity index (χ1) is 12.3. The standard InChI is InChI=1S/C19H20N4OS/c1-13-9-10-20-18(11-13)23-17-8-4-7-15(22-17)16-12-21-19(24-16)25-14-5-2-3-6-14/h4,7-12,14H,2-3,5-6H2,1H3,(H,20,22,23). The number of hydrogen-bond acceptors (Lipinski definition) is 6. The quantitative estimate of drug-likeness (QED) is 0.679. The molecule has 0 atom stereocenters. The predicted octanol–water partition coefficient (Wildman–Crippen LogP) is 5.22. The predicted molar refractivity (Wildman–Crippen MR) is 100 cm³/mol. The molecule has 4 rings (SSSR count). The van der Waals surface area contributed by atoms with Crippen LogP contribution in [0.1, 0.15) is 31.2 Å². The molecule has 0 aromatic carbocycles. The monoisotopic (exact) mass is 352 g/mol. The molecular weight excluding hydrogens is 332 g/mol. The van der Waals surface area contributed by atoms with Crippen molar-refractivity contribution in [3.63, 3.8) is 0 Å². The van der Waals surface area contributed by atoms with Crippen LogP contribution >= 0.6 is 11.8 Å². The van der Waals surface area contributed by atoms with E-state index in [4.69, 9.17) is 4.42 Å². The molecule has 3 aromatic heterocycles. The Kier molecular flexibility index (Phi) is 4.70. The fourth-order valence-electron chi connectivity index (χ4n) is 2.96. The van der Waals surface area contributed by atoms with Crippen LogP contribution in [0.5, 0.6) is 0 Å². The van der Waals surface area contributed by atoms with Gasteiger partial charge in [-0.15, -0.1) is 0 Å². The van der Waals surface area contributed by atoms with Crippen molar-refractivity contribution in [1.29, 1.82) is 0 Å². The van der Waals surface area contributed by atoms with Gasteiger partial charge in [0.15, 0.2) is 5.76 Å². The second-order valence-electron chi connectivity index (χ2n) is 6.27. The van der Waals surface area contributed by atoms with Gasteiger partial charge in [0, 0.05) is 11.4 Å². The largest absolute Gasteiger partial charge is 0.430 e. The second-order valence-corrected chi connectivity index (χ2v) is 7.52. The van der Waals surface area contributed by atoms with Crippen LogP contribution in [-0.4, -0.2) is 20.2 Å². The summed E-state index contributed by atoms with van der Waals surface area (Å²) in [6, 6.07) is 9.75. The molecule has 1 fully saturated rings. The summed E-state index contributed by atoms with van der Waals surface area (Å²) in [5.41, 5.74) is 1.92. The lowest BCUT2D eigenvalue weighted by Gasteiger charge is -2.06. The summed E-state index contributed by atoms with van der Waals surface area (Å²) in [6.07, 6.45) is 8.67. The van der Waals surface area contributed by atoms with Gasteiger partial charge in [-0.05, 0) is 49.6 Å². The average molecular weight is 352 g/mol. The Morgan fingerprint density at radius 3 is 2.84 bits per heavy atom. The van der Waals surface area contributed by atoms with Crippen molar-refractivity contribution in [1.82, 2.24) is 15.0 Å². The van der Waals surface area contributed by atoms with Gasteiger partial charge >= 0.3 is 0 Å². The van der Waals surface area contributed by atoms with Crippen molar-refractivity contribution >= 4 is 23.4 Å². The van der Waals surface area contributed by atoms with Crippen LogP contribution in [0, 0.1) is 6.92 Å². The molecule has 1 saturated carbocycles. The first-order valence-electron chi connectivity index (χ1n) is 8.56. The minimum atomic E-state index is 0.639. The molecule has 3 aromatic rings. The lowest BCUT2D eigenvalue weighted by molar-refractivity contribution is 0.463. The van der Waals surface area contributed by atoms with Gasteiger partial charge in [0.1, 0.15) is 17.3 Å². The number of aryl methyl sites for hydroxylation is 1. The summed E-state index contributed by atoms with van der Waals surface area (Å²) in [5, 5.41) is 4.61. The van der Waals surface area contributed by atoms with E-state index in [2.05, 4.69) is 20.3 Å². The summed E-state index contributed by atoms with van der Waals surface area (Å²) in [4.78, 5) is 13.3. The minimum Gasteiger partial charge on any atom is -0.430 e. The summed E-state index contributed by atoms with van der Waals surface area (Å²) < 4.78 is 5.90. The zero-order valence-corrected chi connectivity index (χ0v) is 14.9. The number of anilines is 2. The summed E-state index contributed by atoms with van der Waals surface area (Å²) in [6.45, 7) is 2.04. The number of nitrogens with one attached hydrogen (secondary N) is 1. The number of rotatable bonds is 5. The van der Waals surface area contributed by atoms with E-state index in [1.807, 2.05) is 37.3 Å². The molecule has 0 saturated heterocycles. The Morgan fingerprint density at radius 1 is 1.12 bits per heavy atom. The van der Waals surface area contributed by atoms with Gasteiger partial charge in [-0.25, -0.2) is 15.0 Å². The molecule has 1 aliphatic rings. The van der Waals surface area contributed by atoms with Crippen LogP contribution < -0.4 is 5.32 Å². The molecule has 0 unspecified atom stereocenters.